The van der Waals surface area contributed by atoms with Gasteiger partial charge in [-0.05, 0) is 20.5 Å². The lowest BCUT2D eigenvalue weighted by molar-refractivity contribution is -0.147. The number of carbonyl (C=O) groups is 1. The van der Waals surface area contributed by atoms with Gasteiger partial charge in [-0.25, -0.2) is 4.57 Å². The number of hydrogen-bond acceptors (Lipinski definition) is 7. The maximum atomic E-state index is 11.8. The average Bonchev–Trinajstić information content (AvgIpc) is 2.78. The third-order valence-electron chi connectivity index (χ3n) is 5.64. The minimum atomic E-state index is -4.22. The lowest BCUT2D eigenvalue weighted by Crippen LogP contribution is -2.24. The minimum Gasteiger partial charge on any atom is -0.463 e. The fourth-order valence-corrected chi connectivity index (χ4v) is 4.25. The Morgan fingerprint density at radius 1 is 0.794 bits per heavy atom. The summed E-state index contributed by atoms with van der Waals surface area (Å²) in [6, 6.07) is 0. The SMILES string of the molecule is CCCCCCCCCCCCCCCCCC(=O)OCC(O)COP(=O)(O)OCCN(C)C. The van der Waals surface area contributed by atoms with Crippen LogP contribution in [0.4, 0.5) is 0 Å². The molecule has 0 radical (unpaired) electrons. The molecule has 34 heavy (non-hydrogen) atoms. The number of rotatable bonds is 25. The van der Waals surface area contributed by atoms with Crippen LogP contribution >= 0.6 is 7.82 Å². The number of ether oxygens (including phenoxy) is 1. The van der Waals surface area contributed by atoms with Crippen molar-refractivity contribution >= 4 is 13.8 Å². The van der Waals surface area contributed by atoms with Crippen molar-refractivity contribution in [2.75, 3.05) is 40.5 Å². The Bertz CT molecular complexity index is 519. The average molecular weight is 510 g/mol. The maximum absolute atomic E-state index is 11.8. The van der Waals surface area contributed by atoms with Crippen LogP contribution in [-0.4, -0.2) is 67.4 Å². The first-order valence-corrected chi connectivity index (χ1v) is 14.9. The van der Waals surface area contributed by atoms with E-state index < -0.39 is 20.5 Å². The summed E-state index contributed by atoms with van der Waals surface area (Å²) < 4.78 is 26.2. The van der Waals surface area contributed by atoms with Gasteiger partial charge in [0.05, 0.1) is 13.2 Å². The molecule has 0 saturated carbocycles. The normalized spacial score (nSPS) is 14.3. The van der Waals surface area contributed by atoms with Gasteiger partial charge in [-0.2, -0.15) is 0 Å². The summed E-state index contributed by atoms with van der Waals surface area (Å²) in [5.41, 5.74) is 0. The zero-order valence-electron chi connectivity index (χ0n) is 22.0. The quantitative estimate of drug-likeness (QED) is 0.0897. The summed E-state index contributed by atoms with van der Waals surface area (Å²) in [5, 5.41) is 9.78. The van der Waals surface area contributed by atoms with Crippen molar-refractivity contribution in [2.24, 2.45) is 0 Å². The lowest BCUT2D eigenvalue weighted by atomic mass is 10.0. The first-order valence-electron chi connectivity index (χ1n) is 13.4. The molecule has 2 unspecified atom stereocenters. The highest BCUT2D eigenvalue weighted by molar-refractivity contribution is 7.47. The van der Waals surface area contributed by atoms with Gasteiger partial charge >= 0.3 is 13.8 Å². The topological polar surface area (TPSA) is 106 Å². The first kappa shape index (κ1) is 33.5. The van der Waals surface area contributed by atoms with Crippen molar-refractivity contribution in [1.82, 2.24) is 4.90 Å². The van der Waals surface area contributed by atoms with E-state index in [0.29, 0.717) is 13.0 Å². The van der Waals surface area contributed by atoms with E-state index in [4.69, 9.17) is 13.8 Å². The molecule has 9 heteroatoms. The molecule has 0 aliphatic heterocycles. The van der Waals surface area contributed by atoms with Crippen molar-refractivity contribution in [1.29, 1.82) is 0 Å². The van der Waals surface area contributed by atoms with Crippen LogP contribution in [0, 0.1) is 0 Å². The Morgan fingerprint density at radius 3 is 1.74 bits per heavy atom. The lowest BCUT2D eigenvalue weighted by Gasteiger charge is -2.16. The van der Waals surface area contributed by atoms with Gasteiger partial charge in [-0.1, -0.05) is 96.8 Å². The first-order chi connectivity index (χ1) is 16.3. The standard InChI is InChI=1S/C25H52NO7P/c1-4-5-6-7-8-9-10-11-12-13-14-15-16-17-18-19-25(28)31-22-24(27)23-33-34(29,30)32-21-20-26(2)3/h24,27H,4-23H2,1-3H3,(H,29,30). The van der Waals surface area contributed by atoms with Gasteiger partial charge in [-0.15, -0.1) is 0 Å². The van der Waals surface area contributed by atoms with E-state index in [2.05, 4.69) is 6.92 Å². The molecule has 0 aromatic heterocycles. The second-order valence-corrected chi connectivity index (χ2v) is 10.9. The maximum Gasteiger partial charge on any atom is 0.472 e. The van der Waals surface area contributed by atoms with Crippen LogP contribution in [0.1, 0.15) is 110 Å². The number of phosphoric ester groups is 1. The van der Waals surface area contributed by atoms with E-state index >= 15 is 0 Å². The fourth-order valence-electron chi connectivity index (χ4n) is 3.51. The number of unbranched alkanes of at least 4 members (excludes halogenated alkanes) is 14. The summed E-state index contributed by atoms with van der Waals surface area (Å²) in [7, 11) is -0.604. The van der Waals surface area contributed by atoms with E-state index in [9.17, 15) is 19.4 Å². The Labute approximate surface area is 208 Å². The summed E-state index contributed by atoms with van der Waals surface area (Å²) >= 11 is 0. The van der Waals surface area contributed by atoms with Gasteiger partial charge in [0.15, 0.2) is 0 Å². The molecule has 2 atom stereocenters. The summed E-state index contributed by atoms with van der Waals surface area (Å²) in [6.45, 7) is 2.04. The van der Waals surface area contributed by atoms with E-state index in [-0.39, 0.29) is 19.2 Å². The second-order valence-electron chi connectivity index (χ2n) is 9.44. The smallest absolute Gasteiger partial charge is 0.463 e. The van der Waals surface area contributed by atoms with E-state index in [1.54, 1.807) is 4.90 Å². The molecule has 0 aromatic carbocycles. The van der Waals surface area contributed by atoms with Gasteiger partial charge in [0, 0.05) is 13.0 Å². The molecule has 0 bridgehead atoms. The zero-order chi connectivity index (χ0) is 25.5. The largest absolute Gasteiger partial charge is 0.472 e. The van der Waals surface area contributed by atoms with Crippen molar-refractivity contribution < 1.29 is 33.1 Å². The van der Waals surface area contributed by atoms with Gasteiger partial charge in [0.2, 0.25) is 0 Å². The number of aliphatic hydroxyl groups excluding tert-OH is 1. The fraction of sp³-hybridized carbons (Fsp3) is 0.960. The molecule has 0 aliphatic rings. The van der Waals surface area contributed by atoms with E-state index in [1.165, 1.54) is 77.0 Å². The molecular weight excluding hydrogens is 457 g/mol. The summed E-state index contributed by atoms with van der Waals surface area (Å²) in [4.78, 5) is 23.1. The van der Waals surface area contributed by atoms with Gasteiger partial charge in [-0.3, -0.25) is 13.8 Å². The highest BCUT2D eigenvalue weighted by Gasteiger charge is 2.23. The molecule has 0 aromatic rings. The van der Waals surface area contributed by atoms with Gasteiger partial charge in [0.1, 0.15) is 12.7 Å². The van der Waals surface area contributed by atoms with Gasteiger partial charge < -0.3 is 19.6 Å². The van der Waals surface area contributed by atoms with Crippen LogP contribution in [-0.2, 0) is 23.1 Å². The third kappa shape index (κ3) is 24.6. The van der Waals surface area contributed by atoms with Crippen LogP contribution in [0.2, 0.25) is 0 Å². The third-order valence-corrected chi connectivity index (χ3v) is 6.63. The predicted molar refractivity (Wildman–Crippen MR) is 137 cm³/mol. The monoisotopic (exact) mass is 509 g/mol. The van der Waals surface area contributed by atoms with Crippen LogP contribution < -0.4 is 0 Å². The Hall–Kier alpha value is -0.500. The zero-order valence-corrected chi connectivity index (χ0v) is 22.9. The van der Waals surface area contributed by atoms with Crippen molar-refractivity contribution in [3.63, 3.8) is 0 Å². The minimum absolute atomic E-state index is 0.0329. The van der Waals surface area contributed by atoms with Crippen LogP contribution in [0.5, 0.6) is 0 Å². The molecule has 0 rings (SSSR count). The number of hydrogen-bond donors (Lipinski definition) is 2. The molecule has 0 amide bonds. The van der Waals surface area contributed by atoms with Gasteiger partial charge in [0.25, 0.3) is 0 Å². The summed E-state index contributed by atoms with van der Waals surface area (Å²) in [6.07, 6.45) is 18.1. The molecule has 8 nitrogen and oxygen atoms in total. The van der Waals surface area contributed by atoms with Crippen LogP contribution in [0.3, 0.4) is 0 Å². The Morgan fingerprint density at radius 2 is 1.26 bits per heavy atom. The number of esters is 1. The molecule has 0 fully saturated rings. The summed E-state index contributed by atoms with van der Waals surface area (Å²) in [5.74, 6) is -0.372. The molecular formula is C25H52NO7P. The predicted octanol–water partition coefficient (Wildman–Crippen LogP) is 5.85. The number of likely N-dealkylation sites (N-methyl/N-ethyl adjacent to an activating group) is 1. The van der Waals surface area contributed by atoms with E-state index in [1.807, 2.05) is 14.1 Å². The number of carbonyl (C=O) groups excluding carboxylic acids is 1. The molecule has 204 valence electrons. The van der Waals surface area contributed by atoms with Crippen LogP contribution in [0.15, 0.2) is 0 Å². The highest BCUT2D eigenvalue weighted by atomic mass is 31.2. The van der Waals surface area contributed by atoms with Crippen molar-refractivity contribution in [3.05, 3.63) is 0 Å². The number of phosphoric acid groups is 1. The molecule has 2 N–H and O–H groups in total. The van der Waals surface area contributed by atoms with E-state index in [0.717, 1.165) is 19.3 Å². The van der Waals surface area contributed by atoms with Crippen molar-refractivity contribution in [3.8, 4) is 0 Å². The highest BCUT2D eigenvalue weighted by Crippen LogP contribution is 2.42. The molecule has 0 aliphatic carbocycles. The molecule has 0 saturated heterocycles. The Kier molecular flexibility index (Phi) is 22.6. The molecule has 0 spiro atoms. The number of nitrogens with zero attached hydrogens (tertiary/aromatic N) is 1. The molecule has 0 heterocycles. The number of aliphatic hydroxyl groups is 1. The Balaban J connectivity index is 3.48. The second kappa shape index (κ2) is 22.9. The van der Waals surface area contributed by atoms with Crippen molar-refractivity contribution in [2.45, 2.75) is 116 Å². The van der Waals surface area contributed by atoms with Crippen LogP contribution in [0.25, 0.3) is 0 Å².